The van der Waals surface area contributed by atoms with Gasteiger partial charge in [0.2, 0.25) is 5.91 Å². The Kier molecular flexibility index (Phi) is 6.14. The number of nitrogens with one attached hydrogen (secondary N) is 2. The van der Waals surface area contributed by atoms with E-state index in [1.54, 1.807) is 4.57 Å². The fraction of sp³-hybridized carbons (Fsp3) is 0.800. The Balaban J connectivity index is 1.86. The lowest BCUT2D eigenvalue weighted by molar-refractivity contribution is -0.139. The second kappa shape index (κ2) is 7.87. The van der Waals surface area contributed by atoms with Crippen LogP contribution in [0.4, 0.5) is 0 Å². The molecule has 0 unspecified atom stereocenters. The Hall–Kier alpha value is -1.21. The summed E-state index contributed by atoms with van der Waals surface area (Å²) in [5.41, 5.74) is 0. The van der Waals surface area contributed by atoms with E-state index < -0.39 is 0 Å². The molecule has 1 heterocycles. The van der Waals surface area contributed by atoms with E-state index in [0.717, 1.165) is 12.8 Å². The standard InChI is InChI=1S/C15H26N4O2S/c1-4-12(21-11-7-5-6-10(2)8-11)14(20)16-9-13-17-18-15(22)19(13)3/h10-12H,4-9H2,1-3H3,(H,16,20)(H,18,22)/t10-,11+,12-/m0/s1. The maximum Gasteiger partial charge on any atom is 0.249 e. The van der Waals surface area contributed by atoms with Gasteiger partial charge in [-0.1, -0.05) is 26.7 Å². The first-order chi connectivity index (χ1) is 10.5. The number of hydrogen-bond acceptors (Lipinski definition) is 4. The molecule has 0 radical (unpaired) electrons. The summed E-state index contributed by atoms with van der Waals surface area (Å²) < 4.78 is 8.32. The van der Waals surface area contributed by atoms with Crippen molar-refractivity contribution in [3.8, 4) is 0 Å². The van der Waals surface area contributed by atoms with E-state index in [1.807, 2.05) is 14.0 Å². The molecular formula is C15H26N4O2S. The third-order valence-electron chi connectivity index (χ3n) is 4.30. The number of aromatic nitrogens is 3. The molecule has 0 spiro atoms. The first-order valence-corrected chi connectivity index (χ1v) is 8.45. The second-order valence-electron chi connectivity index (χ2n) is 6.15. The highest BCUT2D eigenvalue weighted by Crippen LogP contribution is 2.26. The van der Waals surface area contributed by atoms with Gasteiger partial charge in [-0.3, -0.25) is 9.89 Å². The van der Waals surface area contributed by atoms with E-state index in [4.69, 9.17) is 17.0 Å². The van der Waals surface area contributed by atoms with E-state index >= 15 is 0 Å². The molecular weight excluding hydrogens is 300 g/mol. The van der Waals surface area contributed by atoms with Crippen molar-refractivity contribution in [1.82, 2.24) is 20.1 Å². The number of H-pyrrole nitrogens is 1. The largest absolute Gasteiger partial charge is 0.365 e. The predicted molar refractivity (Wildman–Crippen MR) is 86.8 cm³/mol. The number of amides is 1. The number of carbonyl (C=O) groups is 1. The lowest BCUT2D eigenvalue weighted by Crippen LogP contribution is -2.39. The van der Waals surface area contributed by atoms with Crippen molar-refractivity contribution in [2.45, 2.75) is 64.7 Å². The van der Waals surface area contributed by atoms with E-state index in [9.17, 15) is 4.79 Å². The van der Waals surface area contributed by atoms with Gasteiger partial charge in [0.15, 0.2) is 10.6 Å². The zero-order chi connectivity index (χ0) is 16.1. The molecule has 1 aliphatic rings. The van der Waals surface area contributed by atoms with Gasteiger partial charge in [0.1, 0.15) is 6.10 Å². The summed E-state index contributed by atoms with van der Waals surface area (Å²) in [5, 5.41) is 9.69. The number of ether oxygens (including phenoxy) is 1. The molecule has 1 aromatic heterocycles. The van der Waals surface area contributed by atoms with E-state index in [2.05, 4.69) is 22.4 Å². The van der Waals surface area contributed by atoms with Gasteiger partial charge in [0.25, 0.3) is 0 Å². The molecule has 7 heteroatoms. The molecule has 2 N–H and O–H groups in total. The van der Waals surface area contributed by atoms with Gasteiger partial charge in [-0.25, -0.2) is 0 Å². The normalized spacial score (nSPS) is 23.2. The minimum Gasteiger partial charge on any atom is -0.365 e. The molecule has 22 heavy (non-hydrogen) atoms. The number of carbonyl (C=O) groups excluding carboxylic acids is 1. The van der Waals surface area contributed by atoms with Crippen LogP contribution >= 0.6 is 12.2 Å². The van der Waals surface area contributed by atoms with Crippen molar-refractivity contribution in [2.24, 2.45) is 13.0 Å². The zero-order valence-corrected chi connectivity index (χ0v) is 14.4. The summed E-state index contributed by atoms with van der Waals surface area (Å²) in [6.07, 6.45) is 5.06. The Morgan fingerprint density at radius 1 is 1.59 bits per heavy atom. The summed E-state index contributed by atoms with van der Waals surface area (Å²) in [7, 11) is 1.82. The maximum atomic E-state index is 12.3. The Labute approximate surface area is 136 Å². The van der Waals surface area contributed by atoms with Crippen LogP contribution in [0, 0.1) is 10.7 Å². The van der Waals surface area contributed by atoms with Crippen molar-refractivity contribution in [1.29, 1.82) is 0 Å². The fourth-order valence-electron chi connectivity index (χ4n) is 2.90. The third-order valence-corrected chi connectivity index (χ3v) is 4.67. The summed E-state index contributed by atoms with van der Waals surface area (Å²) in [6, 6.07) is 0. The number of hydrogen-bond donors (Lipinski definition) is 2. The van der Waals surface area contributed by atoms with Gasteiger partial charge in [-0.15, -0.1) is 0 Å². The summed E-state index contributed by atoms with van der Waals surface area (Å²) in [4.78, 5) is 12.3. The summed E-state index contributed by atoms with van der Waals surface area (Å²) in [6.45, 7) is 4.58. The van der Waals surface area contributed by atoms with Crippen LogP contribution in [0.1, 0.15) is 51.8 Å². The molecule has 1 amide bonds. The molecule has 1 aliphatic carbocycles. The first kappa shape index (κ1) is 17.1. The summed E-state index contributed by atoms with van der Waals surface area (Å²) in [5.74, 6) is 1.32. The number of aromatic amines is 1. The maximum absolute atomic E-state index is 12.3. The predicted octanol–water partition coefficient (Wildman–Crippen LogP) is 2.47. The molecule has 0 aliphatic heterocycles. The molecule has 3 atom stereocenters. The monoisotopic (exact) mass is 326 g/mol. The average molecular weight is 326 g/mol. The van der Waals surface area contributed by atoms with Gasteiger partial charge in [-0.05, 0) is 37.4 Å². The smallest absolute Gasteiger partial charge is 0.249 e. The Morgan fingerprint density at radius 3 is 2.95 bits per heavy atom. The minimum atomic E-state index is -0.387. The Bertz CT molecular complexity index is 554. The van der Waals surface area contributed by atoms with Gasteiger partial charge in [0, 0.05) is 7.05 Å². The quantitative estimate of drug-likeness (QED) is 0.788. The van der Waals surface area contributed by atoms with Gasteiger partial charge in [-0.2, -0.15) is 5.10 Å². The van der Waals surface area contributed by atoms with Crippen molar-refractivity contribution >= 4 is 18.1 Å². The molecule has 0 aromatic carbocycles. The molecule has 1 aromatic rings. The molecule has 1 saturated carbocycles. The van der Waals surface area contributed by atoms with Crippen LogP contribution in [0.25, 0.3) is 0 Å². The SMILES string of the molecule is CC[C@H](O[C@@H]1CCC[C@H](C)C1)C(=O)NCc1n[nH]c(=S)n1C. The van der Waals surface area contributed by atoms with Crippen LogP contribution in [0.2, 0.25) is 0 Å². The lowest BCUT2D eigenvalue weighted by Gasteiger charge is -2.29. The van der Waals surface area contributed by atoms with Gasteiger partial charge >= 0.3 is 0 Å². The second-order valence-corrected chi connectivity index (χ2v) is 6.54. The fourth-order valence-corrected chi connectivity index (χ4v) is 3.05. The van der Waals surface area contributed by atoms with Crippen molar-refractivity contribution < 1.29 is 9.53 Å². The number of rotatable bonds is 6. The van der Waals surface area contributed by atoms with Crippen LogP contribution in [0.3, 0.4) is 0 Å². The molecule has 2 rings (SSSR count). The number of nitrogens with zero attached hydrogens (tertiary/aromatic N) is 2. The van der Waals surface area contributed by atoms with E-state index in [-0.39, 0.29) is 18.1 Å². The summed E-state index contributed by atoms with van der Waals surface area (Å²) >= 11 is 5.06. The van der Waals surface area contributed by atoms with Crippen molar-refractivity contribution in [3.05, 3.63) is 10.6 Å². The lowest BCUT2D eigenvalue weighted by atomic mass is 9.88. The molecule has 6 nitrogen and oxygen atoms in total. The molecule has 1 fully saturated rings. The topological polar surface area (TPSA) is 71.9 Å². The highest BCUT2D eigenvalue weighted by atomic mass is 32.1. The van der Waals surface area contributed by atoms with Crippen LogP contribution < -0.4 is 5.32 Å². The minimum absolute atomic E-state index is 0.0744. The van der Waals surface area contributed by atoms with Crippen LogP contribution in [0.15, 0.2) is 0 Å². The van der Waals surface area contributed by atoms with E-state index in [1.165, 1.54) is 12.8 Å². The Morgan fingerprint density at radius 2 is 2.36 bits per heavy atom. The van der Waals surface area contributed by atoms with Gasteiger partial charge < -0.3 is 14.6 Å². The van der Waals surface area contributed by atoms with Crippen LogP contribution in [-0.4, -0.2) is 32.9 Å². The molecule has 124 valence electrons. The van der Waals surface area contributed by atoms with Crippen molar-refractivity contribution in [2.75, 3.05) is 0 Å². The zero-order valence-electron chi connectivity index (χ0n) is 13.6. The van der Waals surface area contributed by atoms with Crippen LogP contribution in [0.5, 0.6) is 0 Å². The highest BCUT2D eigenvalue weighted by molar-refractivity contribution is 7.71. The highest BCUT2D eigenvalue weighted by Gasteiger charge is 2.25. The first-order valence-electron chi connectivity index (χ1n) is 8.04. The average Bonchev–Trinajstić information content (AvgIpc) is 2.82. The third kappa shape index (κ3) is 4.39. The molecule has 0 saturated heterocycles. The van der Waals surface area contributed by atoms with Crippen molar-refractivity contribution in [3.63, 3.8) is 0 Å². The van der Waals surface area contributed by atoms with E-state index in [0.29, 0.717) is 29.5 Å². The molecule has 0 bridgehead atoms. The van der Waals surface area contributed by atoms with Crippen LogP contribution in [-0.2, 0) is 23.1 Å². The van der Waals surface area contributed by atoms with Gasteiger partial charge in [0.05, 0.1) is 12.6 Å².